The van der Waals surface area contributed by atoms with E-state index in [1.807, 2.05) is 12.1 Å². The first kappa shape index (κ1) is 16.4. The molecule has 2 nitrogen and oxygen atoms in total. The number of hydrogen-bond donors (Lipinski definition) is 2. The third-order valence-corrected chi connectivity index (χ3v) is 7.61. The Hall–Kier alpha value is -1.02. The molecule has 0 heterocycles. The lowest BCUT2D eigenvalue weighted by atomic mass is 9.52. The summed E-state index contributed by atoms with van der Waals surface area (Å²) in [5, 5.41) is 20.6. The van der Waals surface area contributed by atoms with Crippen LogP contribution in [0.3, 0.4) is 0 Å². The number of aliphatic hydroxyl groups excluding tert-OH is 1. The van der Waals surface area contributed by atoms with Crippen LogP contribution in [0, 0.1) is 29.1 Å². The van der Waals surface area contributed by atoms with E-state index in [0.29, 0.717) is 35.3 Å². The van der Waals surface area contributed by atoms with Crippen LogP contribution in [-0.4, -0.2) is 16.3 Å². The van der Waals surface area contributed by atoms with Crippen molar-refractivity contribution in [3.05, 3.63) is 29.3 Å². The summed E-state index contributed by atoms with van der Waals surface area (Å²) in [4.78, 5) is 0. The number of fused-ring (bicyclic) bond motifs is 5. The molecule has 132 valence electrons. The predicted octanol–water partition coefficient (Wildman–Crippen LogP) is 4.88. The van der Waals surface area contributed by atoms with E-state index in [2.05, 4.69) is 26.8 Å². The van der Waals surface area contributed by atoms with Crippen molar-refractivity contribution in [1.29, 1.82) is 0 Å². The van der Waals surface area contributed by atoms with Gasteiger partial charge < -0.3 is 10.2 Å². The summed E-state index contributed by atoms with van der Waals surface area (Å²) in [5.41, 5.74) is 3.00. The maximum atomic E-state index is 10.6. The average Bonchev–Trinajstić information content (AvgIpc) is 2.82. The van der Waals surface area contributed by atoms with Gasteiger partial charge in [-0.2, -0.15) is 0 Å². The summed E-state index contributed by atoms with van der Waals surface area (Å²) >= 11 is 0. The summed E-state index contributed by atoms with van der Waals surface area (Å²) in [6.07, 6.45) is 6.78. The Kier molecular flexibility index (Phi) is 3.95. The van der Waals surface area contributed by atoms with Crippen molar-refractivity contribution in [2.24, 2.45) is 29.1 Å². The minimum absolute atomic E-state index is 0.107. The van der Waals surface area contributed by atoms with Crippen LogP contribution in [0.15, 0.2) is 18.2 Å². The molecular formula is C22H32O2. The van der Waals surface area contributed by atoms with Gasteiger partial charge in [0.1, 0.15) is 5.75 Å². The molecule has 3 aliphatic carbocycles. The average molecular weight is 328 g/mol. The molecule has 0 bridgehead atoms. The van der Waals surface area contributed by atoms with Gasteiger partial charge in [0, 0.05) is 0 Å². The monoisotopic (exact) mass is 328 g/mol. The molecule has 6 unspecified atom stereocenters. The van der Waals surface area contributed by atoms with Crippen molar-refractivity contribution in [1.82, 2.24) is 0 Å². The van der Waals surface area contributed by atoms with Crippen molar-refractivity contribution in [2.75, 3.05) is 0 Å². The van der Waals surface area contributed by atoms with E-state index in [-0.39, 0.29) is 11.5 Å². The minimum atomic E-state index is -0.107. The molecule has 2 N–H and O–H groups in total. The maximum Gasteiger partial charge on any atom is 0.115 e. The SMILES string of the molecule is CC(C)CC1Cc2cc(O)ccc2C2CCC3(C)C(O)CCC3C12. The lowest BCUT2D eigenvalue weighted by molar-refractivity contribution is -0.0408. The van der Waals surface area contributed by atoms with Crippen LogP contribution in [0.2, 0.25) is 0 Å². The van der Waals surface area contributed by atoms with Crippen molar-refractivity contribution in [2.45, 2.75) is 71.3 Å². The summed E-state index contributed by atoms with van der Waals surface area (Å²) in [6.45, 7) is 7.02. The number of phenols is 1. The Bertz CT molecular complexity index is 622. The van der Waals surface area contributed by atoms with Gasteiger partial charge in [-0.25, -0.2) is 0 Å². The fourth-order valence-corrected chi connectivity index (χ4v) is 6.58. The van der Waals surface area contributed by atoms with Gasteiger partial charge in [0.15, 0.2) is 0 Å². The van der Waals surface area contributed by atoms with Crippen LogP contribution in [0.5, 0.6) is 5.75 Å². The fraction of sp³-hybridized carbons (Fsp3) is 0.727. The molecule has 24 heavy (non-hydrogen) atoms. The van der Waals surface area contributed by atoms with E-state index in [9.17, 15) is 10.2 Å². The normalized spacial score (nSPS) is 41.0. The Morgan fingerprint density at radius 3 is 2.75 bits per heavy atom. The van der Waals surface area contributed by atoms with Gasteiger partial charge in [0.2, 0.25) is 0 Å². The smallest absolute Gasteiger partial charge is 0.115 e. The zero-order chi connectivity index (χ0) is 17.1. The van der Waals surface area contributed by atoms with E-state index in [4.69, 9.17) is 0 Å². The Morgan fingerprint density at radius 2 is 2.00 bits per heavy atom. The number of rotatable bonds is 2. The summed E-state index contributed by atoms with van der Waals surface area (Å²) in [7, 11) is 0. The quantitative estimate of drug-likeness (QED) is 0.812. The molecule has 0 radical (unpaired) electrons. The summed E-state index contributed by atoms with van der Waals surface area (Å²) in [5.74, 6) is 3.81. The van der Waals surface area contributed by atoms with Crippen molar-refractivity contribution in [3.63, 3.8) is 0 Å². The van der Waals surface area contributed by atoms with Gasteiger partial charge in [-0.15, -0.1) is 0 Å². The van der Waals surface area contributed by atoms with Crippen LogP contribution in [-0.2, 0) is 6.42 Å². The van der Waals surface area contributed by atoms with E-state index < -0.39 is 0 Å². The lowest BCUT2D eigenvalue weighted by Gasteiger charge is -2.53. The van der Waals surface area contributed by atoms with Gasteiger partial charge in [0.05, 0.1) is 6.10 Å². The zero-order valence-corrected chi connectivity index (χ0v) is 15.3. The molecule has 6 atom stereocenters. The fourth-order valence-electron chi connectivity index (χ4n) is 6.58. The van der Waals surface area contributed by atoms with Crippen LogP contribution >= 0.6 is 0 Å². The molecular weight excluding hydrogens is 296 g/mol. The van der Waals surface area contributed by atoms with Gasteiger partial charge >= 0.3 is 0 Å². The van der Waals surface area contributed by atoms with Gasteiger partial charge in [-0.3, -0.25) is 0 Å². The van der Waals surface area contributed by atoms with E-state index in [0.717, 1.165) is 19.3 Å². The van der Waals surface area contributed by atoms with E-state index >= 15 is 0 Å². The summed E-state index contributed by atoms with van der Waals surface area (Å²) in [6, 6.07) is 6.06. The highest BCUT2D eigenvalue weighted by atomic mass is 16.3. The van der Waals surface area contributed by atoms with Crippen molar-refractivity contribution in [3.8, 4) is 5.75 Å². The second kappa shape index (κ2) is 5.76. The highest BCUT2D eigenvalue weighted by Gasteiger charge is 2.56. The molecule has 0 aromatic heterocycles. The largest absolute Gasteiger partial charge is 0.508 e. The maximum absolute atomic E-state index is 10.6. The third-order valence-electron chi connectivity index (χ3n) is 7.61. The first-order valence-electron chi connectivity index (χ1n) is 9.90. The molecule has 0 amide bonds. The molecule has 2 fully saturated rings. The predicted molar refractivity (Wildman–Crippen MR) is 97.1 cm³/mol. The van der Waals surface area contributed by atoms with Gasteiger partial charge in [-0.05, 0) is 96.8 Å². The van der Waals surface area contributed by atoms with Crippen LogP contribution in [0.1, 0.15) is 69.9 Å². The number of benzene rings is 1. The third kappa shape index (κ3) is 2.41. The standard InChI is InChI=1S/C22H32O2/c1-13(2)10-15-11-14-12-16(23)4-5-17(14)18-8-9-22(3)19(21(15)18)6-7-20(22)24/h4-5,12-13,15,18-21,23-24H,6-11H2,1-3H3. The lowest BCUT2D eigenvalue weighted by Crippen LogP contribution is -2.47. The Balaban J connectivity index is 1.76. The minimum Gasteiger partial charge on any atom is -0.508 e. The highest BCUT2D eigenvalue weighted by Crippen LogP contribution is 2.62. The van der Waals surface area contributed by atoms with E-state index in [1.165, 1.54) is 30.4 Å². The van der Waals surface area contributed by atoms with E-state index in [1.54, 1.807) is 0 Å². The second-order valence-corrected chi connectivity index (χ2v) is 9.40. The number of hydrogen-bond acceptors (Lipinski definition) is 2. The van der Waals surface area contributed by atoms with Crippen molar-refractivity contribution < 1.29 is 10.2 Å². The van der Waals surface area contributed by atoms with Crippen LogP contribution < -0.4 is 0 Å². The molecule has 1 aromatic carbocycles. The molecule has 0 aliphatic heterocycles. The second-order valence-electron chi connectivity index (χ2n) is 9.40. The first-order chi connectivity index (χ1) is 11.4. The number of aromatic hydroxyl groups is 1. The molecule has 2 heteroatoms. The number of phenolic OH excluding ortho intramolecular Hbond substituents is 1. The molecule has 3 aliphatic rings. The zero-order valence-electron chi connectivity index (χ0n) is 15.3. The Morgan fingerprint density at radius 1 is 1.21 bits per heavy atom. The van der Waals surface area contributed by atoms with Gasteiger partial charge in [-0.1, -0.05) is 26.8 Å². The van der Waals surface area contributed by atoms with Crippen molar-refractivity contribution >= 4 is 0 Å². The Labute approximate surface area is 146 Å². The number of aliphatic hydroxyl groups is 1. The molecule has 0 saturated heterocycles. The molecule has 0 spiro atoms. The molecule has 1 aromatic rings. The molecule has 2 saturated carbocycles. The van der Waals surface area contributed by atoms with Crippen LogP contribution in [0.25, 0.3) is 0 Å². The topological polar surface area (TPSA) is 40.5 Å². The first-order valence-corrected chi connectivity index (χ1v) is 9.90. The van der Waals surface area contributed by atoms with Gasteiger partial charge in [0.25, 0.3) is 0 Å². The summed E-state index contributed by atoms with van der Waals surface area (Å²) < 4.78 is 0. The highest BCUT2D eigenvalue weighted by molar-refractivity contribution is 5.40. The van der Waals surface area contributed by atoms with Crippen LogP contribution in [0.4, 0.5) is 0 Å². The molecule has 4 rings (SSSR count).